The van der Waals surface area contributed by atoms with Crippen molar-refractivity contribution < 1.29 is 127 Å². The lowest BCUT2D eigenvalue weighted by Crippen LogP contribution is -2.29. The molecule has 0 aliphatic carbocycles. The van der Waals surface area contributed by atoms with E-state index in [-0.39, 0.29) is 77.2 Å². The van der Waals surface area contributed by atoms with E-state index in [9.17, 15) is 43.2 Å². The van der Waals surface area contributed by atoms with Crippen LogP contribution in [0.5, 0.6) is 0 Å². The highest BCUT2D eigenvalue weighted by atomic mass is 16.6. The highest BCUT2D eigenvalue weighted by Gasteiger charge is 2.19. The Bertz CT molecular complexity index is 1450. The Morgan fingerprint density at radius 2 is 0.634 bits per heavy atom. The zero-order valence-electron chi connectivity index (χ0n) is 41.9. The molecule has 0 saturated heterocycles. The minimum Gasteiger partial charge on any atom is -0.463 e. The summed E-state index contributed by atoms with van der Waals surface area (Å²) < 4.78 is 41.7. The molecule has 71 heavy (non-hydrogen) atoms. The predicted molar refractivity (Wildman–Crippen MR) is 245 cm³/mol. The number of rotatable bonds is 25. The molecule has 26 nitrogen and oxygen atoms in total. The zero-order valence-corrected chi connectivity index (χ0v) is 41.9. The molecule has 1 aromatic rings. The van der Waals surface area contributed by atoms with E-state index in [0.29, 0.717) is 13.2 Å². The molecule has 0 amide bonds. The third kappa shape index (κ3) is 58.4. The van der Waals surface area contributed by atoms with E-state index in [4.69, 9.17) is 55.1 Å². The van der Waals surface area contributed by atoms with Gasteiger partial charge >= 0.3 is 53.7 Å². The van der Waals surface area contributed by atoms with Gasteiger partial charge in [0.25, 0.3) is 0 Å². The van der Waals surface area contributed by atoms with E-state index in [0.717, 1.165) is 25.7 Å². The van der Waals surface area contributed by atoms with Crippen LogP contribution in [0.2, 0.25) is 0 Å². The van der Waals surface area contributed by atoms with Gasteiger partial charge in [-0.1, -0.05) is 38.8 Å². The predicted octanol–water partition coefficient (Wildman–Crippen LogP) is -0.744. The summed E-state index contributed by atoms with van der Waals surface area (Å²) in [5.41, 5.74) is 0.537. The number of aliphatic hydroxyl groups is 8. The molecule has 8 N–H and O–H groups in total. The molecule has 26 heteroatoms. The van der Waals surface area contributed by atoms with Crippen LogP contribution >= 0.6 is 0 Å². The number of hydrogen-bond acceptors (Lipinski definition) is 26. The number of unbranched alkanes of at least 4 members (excludes halogenated alkanes) is 2. The molecule has 0 aliphatic rings. The van der Waals surface area contributed by atoms with Crippen molar-refractivity contribution in [2.45, 2.75) is 119 Å². The molecule has 0 spiro atoms. The third-order valence-corrected chi connectivity index (χ3v) is 6.87. The van der Waals surface area contributed by atoms with Crippen LogP contribution in [-0.2, 0) is 76.2 Å². The number of carbonyl (C=O) groups is 9. The minimum atomic E-state index is -0.950. The summed E-state index contributed by atoms with van der Waals surface area (Å²) in [6.45, 7) is 11.1. The molecular weight excluding hydrogens is 956 g/mol. The van der Waals surface area contributed by atoms with Gasteiger partial charge in [-0.15, -0.1) is 0 Å². The first kappa shape index (κ1) is 74.1. The van der Waals surface area contributed by atoms with Crippen LogP contribution in [0.3, 0.4) is 0 Å². The van der Waals surface area contributed by atoms with Gasteiger partial charge in [0.1, 0.15) is 64.1 Å². The normalized spacial score (nSPS) is 11.4. The molecule has 0 radical (unpaired) electrons. The molecule has 412 valence electrons. The van der Waals surface area contributed by atoms with Crippen LogP contribution in [0.1, 0.15) is 109 Å². The first-order valence-corrected chi connectivity index (χ1v) is 21.8. The number of hydrogen-bond donors (Lipinski definition) is 8. The second-order valence-corrected chi connectivity index (χ2v) is 13.9. The van der Waals surface area contributed by atoms with Crippen LogP contribution in [0.25, 0.3) is 0 Å². The minimum absolute atomic E-state index is 0.123. The third-order valence-electron chi connectivity index (χ3n) is 6.87. The van der Waals surface area contributed by atoms with Gasteiger partial charge in [0, 0.05) is 48.5 Å². The van der Waals surface area contributed by atoms with Gasteiger partial charge < -0.3 is 83.5 Å². The molecule has 0 saturated carbocycles. The largest absolute Gasteiger partial charge is 0.463 e. The van der Waals surface area contributed by atoms with E-state index >= 15 is 0 Å². The van der Waals surface area contributed by atoms with Crippen molar-refractivity contribution >= 4 is 53.7 Å². The maximum Gasteiger partial charge on any atom is 0.339 e. The second-order valence-electron chi connectivity index (χ2n) is 13.9. The number of ether oxygens (including phenoxy) is 9. The lowest BCUT2D eigenvalue weighted by atomic mass is 10.1. The number of aliphatic hydroxyl groups excluding tert-OH is 8. The van der Waals surface area contributed by atoms with E-state index in [1.54, 1.807) is 24.3 Å². The maximum absolute atomic E-state index is 11.9. The zero-order chi connectivity index (χ0) is 55.7. The first-order valence-electron chi connectivity index (χ1n) is 21.8. The van der Waals surface area contributed by atoms with Crippen molar-refractivity contribution in [3.05, 3.63) is 35.4 Å². The number of carbonyl (C=O) groups excluding carboxylic acids is 9. The fraction of sp³-hybridized carbons (Fsp3) is 0.667. The van der Waals surface area contributed by atoms with E-state index in [1.807, 2.05) is 13.8 Å². The van der Waals surface area contributed by atoms with E-state index in [1.165, 1.54) is 48.5 Å². The van der Waals surface area contributed by atoms with Gasteiger partial charge in [0.2, 0.25) is 0 Å². The fourth-order valence-corrected chi connectivity index (χ4v) is 3.45. The van der Waals surface area contributed by atoms with Crippen molar-refractivity contribution in [1.82, 2.24) is 0 Å². The van der Waals surface area contributed by atoms with Crippen molar-refractivity contribution in [3.8, 4) is 0 Å². The summed E-state index contributed by atoms with van der Waals surface area (Å²) in [7, 11) is 0. The van der Waals surface area contributed by atoms with Crippen molar-refractivity contribution in [1.29, 1.82) is 0 Å². The average molecular weight is 1030 g/mol. The van der Waals surface area contributed by atoms with Crippen molar-refractivity contribution in [2.24, 2.45) is 0 Å². The SMILES string of the molecule is CC(=O)OCC(COC(C)=O)OC(C)=O.CC(=O)OCC(O)CO.CC(=O)OCC(O)CO.CC(=O)OCC(O)CO.CC(=O)OCC(O)CO.CCCCOC(=O)c1ccccc1C(=O)OCCCC. The topological polar surface area (TPSA) is 399 Å². The summed E-state index contributed by atoms with van der Waals surface area (Å²) in [6.07, 6.45) is -1.02. The number of esters is 9. The molecule has 0 heterocycles. The Morgan fingerprint density at radius 3 is 0.831 bits per heavy atom. The Labute approximate surface area is 413 Å². The molecule has 0 aromatic heterocycles. The summed E-state index contributed by atoms with van der Waals surface area (Å²) in [4.78, 5) is 95.7. The summed E-state index contributed by atoms with van der Waals surface area (Å²) >= 11 is 0. The molecule has 1 rings (SSSR count). The Hall–Kier alpha value is -5.87. The standard InChI is InChI=1S/C16H22O4.C9H14O6.4C5H10O4/c1-3-5-11-19-15(17)13-9-7-8-10-14(13)16(18)20-12-6-4-2;1-6(10)13-4-9(15-8(3)12)5-14-7(2)11;4*1-4(7)9-3-5(8)2-6/h7-10H,3-6,11-12H2,1-2H3;9H,4-5H2,1-3H3;4*5-6,8H,2-3H2,1H3. The second kappa shape index (κ2) is 50.5. The fourth-order valence-electron chi connectivity index (χ4n) is 3.45. The molecule has 0 bridgehead atoms. The van der Waals surface area contributed by atoms with Gasteiger partial charge in [0.15, 0.2) is 6.10 Å². The van der Waals surface area contributed by atoms with Gasteiger partial charge in [-0.05, 0) is 25.0 Å². The number of benzene rings is 1. The summed E-state index contributed by atoms with van der Waals surface area (Å²) in [6, 6.07) is 6.59. The first-order chi connectivity index (χ1) is 33.3. The lowest BCUT2D eigenvalue weighted by Gasteiger charge is -2.15. The van der Waals surface area contributed by atoms with Crippen LogP contribution < -0.4 is 0 Å². The summed E-state index contributed by atoms with van der Waals surface area (Å²) in [5.74, 6) is -4.28. The van der Waals surface area contributed by atoms with Crippen LogP contribution in [0, 0.1) is 0 Å². The monoisotopic (exact) mass is 1030 g/mol. The highest BCUT2D eigenvalue weighted by molar-refractivity contribution is 6.03. The van der Waals surface area contributed by atoms with Crippen LogP contribution in [0.4, 0.5) is 0 Å². The Balaban J connectivity index is -0.000000255. The molecular formula is C45H76O26. The smallest absolute Gasteiger partial charge is 0.339 e. The van der Waals surface area contributed by atoms with Gasteiger partial charge in [-0.3, -0.25) is 33.6 Å². The molecule has 0 aliphatic heterocycles. The quantitative estimate of drug-likeness (QED) is 0.0339. The van der Waals surface area contributed by atoms with Crippen molar-refractivity contribution in [2.75, 3.05) is 79.3 Å². The highest BCUT2D eigenvalue weighted by Crippen LogP contribution is 2.13. The molecule has 1 aromatic carbocycles. The Kier molecular flexibility index (Phi) is 52.7. The van der Waals surface area contributed by atoms with Crippen LogP contribution in [0.15, 0.2) is 24.3 Å². The molecule has 0 fully saturated rings. The van der Waals surface area contributed by atoms with Gasteiger partial charge in [-0.25, -0.2) is 9.59 Å². The Morgan fingerprint density at radius 1 is 0.394 bits per heavy atom. The average Bonchev–Trinajstić information content (AvgIpc) is 3.32. The van der Waals surface area contributed by atoms with Crippen molar-refractivity contribution in [3.63, 3.8) is 0 Å². The van der Waals surface area contributed by atoms with Gasteiger partial charge in [0.05, 0.1) is 50.8 Å². The molecule has 4 unspecified atom stereocenters. The molecule has 4 atom stereocenters. The lowest BCUT2D eigenvalue weighted by molar-refractivity contribution is -0.163. The summed E-state index contributed by atoms with van der Waals surface area (Å²) in [5, 5.41) is 67.1. The van der Waals surface area contributed by atoms with E-state index < -0.39 is 84.2 Å². The van der Waals surface area contributed by atoms with E-state index in [2.05, 4.69) is 28.4 Å². The van der Waals surface area contributed by atoms with Gasteiger partial charge in [-0.2, -0.15) is 0 Å². The van der Waals surface area contributed by atoms with Crippen LogP contribution in [-0.4, -0.2) is 204 Å². The maximum atomic E-state index is 11.9.